The molecule has 0 saturated heterocycles. The Bertz CT molecular complexity index is 328. The van der Waals surface area contributed by atoms with Gasteiger partial charge in [-0.3, -0.25) is 0 Å². The first-order chi connectivity index (χ1) is 5.65. The van der Waals surface area contributed by atoms with Gasteiger partial charge in [0.05, 0.1) is 0 Å². The first-order valence-corrected chi connectivity index (χ1v) is 5.05. The Morgan fingerprint density at radius 3 is 2.58 bits per heavy atom. The van der Waals surface area contributed by atoms with E-state index in [1.165, 1.54) is 0 Å². The maximum Gasteiger partial charge on any atom is 0.247 e. The number of hydrogen-bond donors (Lipinski definition) is 0. The third kappa shape index (κ3) is 2.09. The summed E-state index contributed by atoms with van der Waals surface area (Å²) in [5.74, 6) is 0. The second kappa shape index (κ2) is 4.06. The fraction of sp³-hybridized carbons (Fsp3) is 0.222. The zero-order chi connectivity index (χ0) is 9.14. The molecule has 0 N–H and O–H groups in total. The van der Waals surface area contributed by atoms with Gasteiger partial charge in [-0.1, -0.05) is 31.9 Å². The summed E-state index contributed by atoms with van der Waals surface area (Å²) in [7, 11) is 0. The van der Waals surface area contributed by atoms with Gasteiger partial charge in [-0.2, -0.15) is 0 Å². The topological polar surface area (TPSA) is 4.36 Å². The van der Waals surface area contributed by atoms with Crippen molar-refractivity contribution in [2.45, 2.75) is 13.0 Å². The summed E-state index contributed by atoms with van der Waals surface area (Å²) in [6.45, 7) is 8.78. The lowest BCUT2D eigenvalue weighted by molar-refractivity contribution is 0.953. The van der Waals surface area contributed by atoms with Gasteiger partial charge in [-0.05, 0) is 18.2 Å². The molecule has 1 atom stereocenters. The van der Waals surface area contributed by atoms with Gasteiger partial charge < -0.3 is 4.85 Å². The van der Waals surface area contributed by atoms with Crippen LogP contribution in [0.5, 0.6) is 0 Å². The number of hydrogen-bond acceptors (Lipinski definition) is 0. The van der Waals surface area contributed by atoms with Crippen molar-refractivity contribution in [3.8, 4) is 0 Å². The molecule has 0 spiro atoms. The Kier molecular flexibility index (Phi) is 3.30. The zero-order valence-electron chi connectivity index (χ0n) is 6.51. The van der Waals surface area contributed by atoms with Crippen LogP contribution >= 0.6 is 31.9 Å². The molecule has 1 aromatic carbocycles. The fourth-order valence-corrected chi connectivity index (χ4v) is 2.29. The molecule has 0 radical (unpaired) electrons. The molecule has 0 saturated carbocycles. The molecule has 1 rings (SSSR count). The van der Waals surface area contributed by atoms with Gasteiger partial charge in [-0.15, -0.1) is 0 Å². The summed E-state index contributed by atoms with van der Waals surface area (Å²) in [6, 6.07) is 5.78. The van der Waals surface area contributed by atoms with Crippen molar-refractivity contribution in [3.05, 3.63) is 44.1 Å². The van der Waals surface area contributed by atoms with Crippen molar-refractivity contribution >= 4 is 31.9 Å². The summed E-state index contributed by atoms with van der Waals surface area (Å²) in [5.41, 5.74) is 1.04. The van der Waals surface area contributed by atoms with Crippen LogP contribution in [0.3, 0.4) is 0 Å². The van der Waals surface area contributed by atoms with E-state index >= 15 is 0 Å². The Labute approximate surface area is 88.9 Å². The monoisotopic (exact) mass is 287 g/mol. The Hall–Kier alpha value is -0.330. The first-order valence-electron chi connectivity index (χ1n) is 3.46. The highest BCUT2D eigenvalue weighted by Crippen LogP contribution is 2.28. The predicted octanol–water partition coefficient (Wildman–Crippen LogP) is 4.19. The van der Waals surface area contributed by atoms with Gasteiger partial charge in [0, 0.05) is 21.4 Å². The highest BCUT2D eigenvalue weighted by molar-refractivity contribution is 9.11. The van der Waals surface area contributed by atoms with E-state index in [0.29, 0.717) is 0 Å². The molecule has 12 heavy (non-hydrogen) atoms. The number of benzene rings is 1. The van der Waals surface area contributed by atoms with E-state index in [2.05, 4.69) is 36.7 Å². The molecular formula is C9H7Br2N. The molecule has 3 heteroatoms. The molecule has 0 fully saturated rings. The molecule has 1 unspecified atom stereocenters. The van der Waals surface area contributed by atoms with E-state index in [1.807, 2.05) is 25.1 Å². The zero-order valence-corrected chi connectivity index (χ0v) is 9.68. The molecule has 0 bridgehead atoms. The van der Waals surface area contributed by atoms with Gasteiger partial charge in [0.2, 0.25) is 6.04 Å². The minimum Gasteiger partial charge on any atom is -0.309 e. The lowest BCUT2D eigenvalue weighted by Gasteiger charge is -2.02. The van der Waals surface area contributed by atoms with Gasteiger partial charge >= 0.3 is 0 Å². The largest absolute Gasteiger partial charge is 0.309 e. The number of halogens is 2. The van der Waals surface area contributed by atoms with Crippen LogP contribution in [0.25, 0.3) is 4.85 Å². The van der Waals surface area contributed by atoms with Crippen molar-refractivity contribution < 1.29 is 0 Å². The van der Waals surface area contributed by atoms with Crippen LogP contribution in [-0.2, 0) is 0 Å². The number of rotatable bonds is 1. The molecule has 1 aromatic rings. The van der Waals surface area contributed by atoms with Crippen molar-refractivity contribution in [1.82, 2.24) is 0 Å². The average Bonchev–Trinajstić information content (AvgIpc) is 2.03. The summed E-state index contributed by atoms with van der Waals surface area (Å²) in [5, 5.41) is 0. The summed E-state index contributed by atoms with van der Waals surface area (Å²) < 4.78 is 2.01. The van der Waals surface area contributed by atoms with Crippen LogP contribution < -0.4 is 0 Å². The second-order valence-corrected chi connectivity index (χ2v) is 4.24. The highest BCUT2D eigenvalue weighted by Gasteiger charge is 2.11. The van der Waals surface area contributed by atoms with Crippen LogP contribution in [0, 0.1) is 6.57 Å². The summed E-state index contributed by atoms with van der Waals surface area (Å²) in [4.78, 5) is 3.45. The lowest BCUT2D eigenvalue weighted by Crippen LogP contribution is -1.87. The van der Waals surface area contributed by atoms with E-state index in [9.17, 15) is 0 Å². The van der Waals surface area contributed by atoms with Crippen LogP contribution in [0.15, 0.2) is 27.1 Å². The van der Waals surface area contributed by atoms with Crippen molar-refractivity contribution in [3.63, 3.8) is 0 Å². The van der Waals surface area contributed by atoms with Crippen LogP contribution in [0.4, 0.5) is 0 Å². The minimum absolute atomic E-state index is 0.0764. The quantitative estimate of drug-likeness (QED) is 0.683. The average molecular weight is 289 g/mol. The normalized spacial score (nSPS) is 12.2. The van der Waals surface area contributed by atoms with Gasteiger partial charge in [0.1, 0.15) is 0 Å². The molecule has 0 aliphatic heterocycles. The third-order valence-electron chi connectivity index (χ3n) is 1.61. The fourth-order valence-electron chi connectivity index (χ4n) is 0.910. The Balaban J connectivity index is 3.11. The van der Waals surface area contributed by atoms with Crippen molar-refractivity contribution in [2.24, 2.45) is 0 Å². The SMILES string of the molecule is [C-]#[N+]C(C)c1ccc(Br)cc1Br. The maximum atomic E-state index is 6.89. The number of nitrogens with zero attached hydrogens (tertiary/aromatic N) is 1. The molecule has 0 aromatic heterocycles. The van der Waals surface area contributed by atoms with E-state index < -0.39 is 0 Å². The first kappa shape index (κ1) is 9.76. The molecule has 0 aliphatic carbocycles. The predicted molar refractivity (Wildman–Crippen MR) is 56.9 cm³/mol. The van der Waals surface area contributed by atoms with Crippen LogP contribution in [0.1, 0.15) is 18.5 Å². The van der Waals surface area contributed by atoms with Crippen molar-refractivity contribution in [2.75, 3.05) is 0 Å². The van der Waals surface area contributed by atoms with Crippen molar-refractivity contribution in [1.29, 1.82) is 0 Å². The molecular weight excluding hydrogens is 282 g/mol. The van der Waals surface area contributed by atoms with Crippen LogP contribution in [0.2, 0.25) is 0 Å². The van der Waals surface area contributed by atoms with E-state index in [0.717, 1.165) is 14.5 Å². The maximum absolute atomic E-state index is 6.89. The summed E-state index contributed by atoms with van der Waals surface area (Å²) >= 11 is 6.77. The molecule has 0 amide bonds. The molecule has 1 nitrogen and oxygen atoms in total. The summed E-state index contributed by atoms with van der Waals surface area (Å²) in [6.07, 6.45) is 0. The molecule has 0 heterocycles. The van der Waals surface area contributed by atoms with Gasteiger partial charge in [-0.25, -0.2) is 6.57 Å². The Morgan fingerprint density at radius 2 is 2.08 bits per heavy atom. The minimum atomic E-state index is -0.0764. The van der Waals surface area contributed by atoms with E-state index in [1.54, 1.807) is 0 Å². The van der Waals surface area contributed by atoms with E-state index in [-0.39, 0.29) is 6.04 Å². The van der Waals surface area contributed by atoms with Gasteiger partial charge in [0.15, 0.2) is 0 Å². The third-order valence-corrected chi connectivity index (χ3v) is 2.79. The Morgan fingerprint density at radius 1 is 1.42 bits per heavy atom. The van der Waals surface area contributed by atoms with Gasteiger partial charge in [0.25, 0.3) is 0 Å². The second-order valence-electron chi connectivity index (χ2n) is 2.47. The standard InChI is InChI=1S/C9H7Br2N/c1-6(12-2)8-4-3-7(10)5-9(8)11/h3-6H,1H3. The van der Waals surface area contributed by atoms with E-state index in [4.69, 9.17) is 6.57 Å². The molecule has 0 aliphatic rings. The lowest BCUT2D eigenvalue weighted by atomic mass is 10.1. The smallest absolute Gasteiger partial charge is 0.247 e. The van der Waals surface area contributed by atoms with Crippen LogP contribution in [-0.4, -0.2) is 0 Å². The molecule has 62 valence electrons. The highest BCUT2D eigenvalue weighted by atomic mass is 79.9.